The fourth-order valence-corrected chi connectivity index (χ4v) is 1.09. The zero-order chi connectivity index (χ0) is 7.56. The van der Waals surface area contributed by atoms with Crippen molar-refractivity contribution < 1.29 is 9.13 Å². The van der Waals surface area contributed by atoms with E-state index in [2.05, 4.69) is 15.9 Å². The molecule has 1 atom stereocenters. The third-order valence-corrected chi connectivity index (χ3v) is 1.77. The van der Waals surface area contributed by atoms with Crippen molar-refractivity contribution in [3.8, 4) is 0 Å². The molecule has 0 aliphatic heterocycles. The number of hydrogen-bond donors (Lipinski definition) is 0. The zero-order valence-corrected chi connectivity index (χ0v) is 7.06. The monoisotopic (exact) mass is 205 g/mol. The summed E-state index contributed by atoms with van der Waals surface area (Å²) in [4.78, 5) is 0. The lowest BCUT2D eigenvalue weighted by Crippen LogP contribution is -2.15. The number of ether oxygens (including phenoxy) is 1. The number of methoxy groups -OCH3 is 1. The number of rotatable bonds is 1. The highest BCUT2D eigenvalue weighted by Gasteiger charge is 2.19. The first-order valence-electron chi connectivity index (χ1n) is 2.84. The molecule has 0 bridgehead atoms. The summed E-state index contributed by atoms with van der Waals surface area (Å²) in [6, 6.07) is 0. The molecule has 0 N–H and O–H groups in total. The molecule has 55 valence electrons. The molecule has 0 spiro atoms. The van der Waals surface area contributed by atoms with Gasteiger partial charge in [0.1, 0.15) is 6.10 Å². The van der Waals surface area contributed by atoms with Gasteiger partial charge in [-0.2, -0.15) is 0 Å². The normalized spacial score (nSPS) is 26.7. The second-order valence-electron chi connectivity index (χ2n) is 1.93. The second kappa shape index (κ2) is 3.30. The van der Waals surface area contributed by atoms with Crippen LogP contribution < -0.4 is 0 Å². The van der Waals surface area contributed by atoms with Crippen molar-refractivity contribution in [2.45, 2.75) is 6.10 Å². The van der Waals surface area contributed by atoms with Gasteiger partial charge in [0.2, 0.25) is 0 Å². The molecule has 1 aliphatic rings. The van der Waals surface area contributed by atoms with Gasteiger partial charge in [-0.05, 0) is 18.2 Å². The SMILES string of the molecule is COC1C=C(Br)C=C[C]1F. The maximum Gasteiger partial charge on any atom is 0.199 e. The van der Waals surface area contributed by atoms with Gasteiger partial charge in [0.05, 0.1) is 0 Å². The van der Waals surface area contributed by atoms with E-state index in [1.807, 2.05) is 0 Å². The van der Waals surface area contributed by atoms with Crippen LogP contribution in [-0.2, 0) is 4.74 Å². The molecule has 0 fully saturated rings. The Kier molecular flexibility index (Phi) is 2.63. The maximum atomic E-state index is 12.7. The van der Waals surface area contributed by atoms with Crippen LogP contribution in [0.3, 0.4) is 0 Å². The molecule has 0 amide bonds. The molecule has 0 aromatic rings. The topological polar surface area (TPSA) is 9.23 Å². The van der Waals surface area contributed by atoms with E-state index < -0.39 is 6.10 Å². The van der Waals surface area contributed by atoms with Crippen molar-refractivity contribution in [3.63, 3.8) is 0 Å². The van der Waals surface area contributed by atoms with E-state index in [9.17, 15) is 4.39 Å². The van der Waals surface area contributed by atoms with Crippen LogP contribution in [0.4, 0.5) is 4.39 Å². The minimum atomic E-state index is -0.514. The first-order chi connectivity index (χ1) is 4.74. The fraction of sp³-hybridized carbons (Fsp3) is 0.286. The summed E-state index contributed by atoms with van der Waals surface area (Å²) in [5, 5.41) is 0. The lowest BCUT2D eigenvalue weighted by atomic mass is 10.1. The standard InChI is InChI=1S/C7H7BrFO/c1-10-7-4-5(8)2-3-6(7)9/h2-4,7H,1H3. The Balaban J connectivity index is 2.67. The number of halogens is 2. The van der Waals surface area contributed by atoms with Crippen molar-refractivity contribution >= 4 is 15.9 Å². The molecule has 1 aliphatic carbocycles. The zero-order valence-electron chi connectivity index (χ0n) is 5.47. The van der Waals surface area contributed by atoms with Crippen molar-refractivity contribution in [2.24, 2.45) is 0 Å². The summed E-state index contributed by atoms with van der Waals surface area (Å²) in [6.07, 6.45) is 3.92. The Morgan fingerprint density at radius 1 is 1.60 bits per heavy atom. The molecule has 1 radical (unpaired) electrons. The summed E-state index contributed by atoms with van der Waals surface area (Å²) in [6.45, 7) is 0. The summed E-state index contributed by atoms with van der Waals surface area (Å²) in [7, 11) is 1.47. The van der Waals surface area contributed by atoms with Crippen LogP contribution in [0.25, 0.3) is 0 Å². The van der Waals surface area contributed by atoms with Crippen LogP contribution in [0.15, 0.2) is 22.7 Å². The third kappa shape index (κ3) is 1.67. The number of hydrogen-bond acceptors (Lipinski definition) is 1. The van der Waals surface area contributed by atoms with E-state index in [0.717, 1.165) is 4.48 Å². The van der Waals surface area contributed by atoms with Crippen LogP contribution >= 0.6 is 15.9 Å². The molecule has 1 unspecified atom stereocenters. The Morgan fingerprint density at radius 2 is 2.30 bits per heavy atom. The average molecular weight is 206 g/mol. The predicted molar refractivity (Wildman–Crippen MR) is 41.3 cm³/mol. The van der Waals surface area contributed by atoms with Crippen molar-refractivity contribution in [3.05, 3.63) is 28.9 Å². The minimum Gasteiger partial charge on any atom is -0.373 e. The van der Waals surface area contributed by atoms with Crippen LogP contribution in [-0.4, -0.2) is 13.2 Å². The minimum absolute atomic E-state index is 0.259. The fourth-order valence-electron chi connectivity index (χ4n) is 0.714. The van der Waals surface area contributed by atoms with Crippen LogP contribution in [0.2, 0.25) is 0 Å². The van der Waals surface area contributed by atoms with Crippen LogP contribution in [0.1, 0.15) is 0 Å². The summed E-state index contributed by atoms with van der Waals surface area (Å²) >= 11 is 3.21. The van der Waals surface area contributed by atoms with E-state index in [1.165, 1.54) is 13.2 Å². The van der Waals surface area contributed by atoms with Gasteiger partial charge in [-0.3, -0.25) is 0 Å². The molecule has 0 aromatic heterocycles. The highest BCUT2D eigenvalue weighted by Crippen LogP contribution is 2.24. The molecular weight excluding hydrogens is 199 g/mol. The quantitative estimate of drug-likeness (QED) is 0.639. The molecule has 0 saturated heterocycles. The molecule has 0 saturated carbocycles. The maximum absolute atomic E-state index is 12.7. The highest BCUT2D eigenvalue weighted by molar-refractivity contribution is 9.11. The number of allylic oxidation sites excluding steroid dienone is 2. The molecule has 0 heterocycles. The lowest BCUT2D eigenvalue weighted by Gasteiger charge is -2.15. The van der Waals surface area contributed by atoms with Gasteiger partial charge in [0.25, 0.3) is 0 Å². The van der Waals surface area contributed by atoms with Gasteiger partial charge in [0.15, 0.2) is 6.17 Å². The smallest absolute Gasteiger partial charge is 0.199 e. The molecule has 1 nitrogen and oxygen atoms in total. The Bertz CT molecular complexity index is 176. The lowest BCUT2D eigenvalue weighted by molar-refractivity contribution is 0.127. The van der Waals surface area contributed by atoms with Gasteiger partial charge >= 0.3 is 0 Å². The third-order valence-electron chi connectivity index (χ3n) is 1.24. The predicted octanol–water partition coefficient (Wildman–Crippen LogP) is 2.35. The Labute approximate surface area is 67.7 Å². The molecule has 10 heavy (non-hydrogen) atoms. The summed E-state index contributed by atoms with van der Waals surface area (Å²) < 4.78 is 18.3. The Hall–Kier alpha value is -0.150. The Morgan fingerprint density at radius 3 is 2.80 bits per heavy atom. The van der Waals surface area contributed by atoms with Crippen molar-refractivity contribution in [2.75, 3.05) is 7.11 Å². The van der Waals surface area contributed by atoms with Gasteiger partial charge in [-0.25, -0.2) is 4.39 Å². The molecule has 3 heteroatoms. The molecule has 0 aromatic carbocycles. The summed E-state index contributed by atoms with van der Waals surface area (Å²) in [5.41, 5.74) is 0. The van der Waals surface area contributed by atoms with Gasteiger partial charge in [-0.15, -0.1) is 0 Å². The van der Waals surface area contributed by atoms with Crippen LogP contribution in [0, 0.1) is 6.17 Å². The molecule has 1 rings (SSSR count). The van der Waals surface area contributed by atoms with Gasteiger partial charge < -0.3 is 4.74 Å². The van der Waals surface area contributed by atoms with E-state index in [1.54, 1.807) is 12.2 Å². The first-order valence-corrected chi connectivity index (χ1v) is 3.64. The largest absolute Gasteiger partial charge is 0.373 e. The van der Waals surface area contributed by atoms with E-state index in [4.69, 9.17) is 4.74 Å². The van der Waals surface area contributed by atoms with Gasteiger partial charge in [0, 0.05) is 11.6 Å². The van der Waals surface area contributed by atoms with Crippen LogP contribution in [0.5, 0.6) is 0 Å². The van der Waals surface area contributed by atoms with E-state index in [-0.39, 0.29) is 6.17 Å². The van der Waals surface area contributed by atoms with Crippen molar-refractivity contribution in [1.29, 1.82) is 0 Å². The summed E-state index contributed by atoms with van der Waals surface area (Å²) in [5.74, 6) is 0. The van der Waals surface area contributed by atoms with E-state index in [0.29, 0.717) is 0 Å². The van der Waals surface area contributed by atoms with Gasteiger partial charge in [-0.1, -0.05) is 15.9 Å². The van der Waals surface area contributed by atoms with E-state index >= 15 is 0 Å². The second-order valence-corrected chi connectivity index (χ2v) is 2.84. The van der Waals surface area contributed by atoms with Crippen molar-refractivity contribution in [1.82, 2.24) is 0 Å². The molecular formula is C7H7BrFO. The average Bonchev–Trinajstić information content (AvgIpc) is 1.94. The first kappa shape index (κ1) is 7.95. The highest BCUT2D eigenvalue weighted by atomic mass is 79.9.